The summed E-state index contributed by atoms with van der Waals surface area (Å²) in [4.78, 5) is 3.25. The first kappa shape index (κ1) is 13.6. The predicted octanol–water partition coefficient (Wildman–Crippen LogP) is 5.28. The number of benzene rings is 1. The van der Waals surface area contributed by atoms with Crippen molar-refractivity contribution in [1.82, 2.24) is 9.55 Å². The summed E-state index contributed by atoms with van der Waals surface area (Å²) < 4.78 is 3.02. The van der Waals surface area contributed by atoms with Gasteiger partial charge in [0.1, 0.15) is 0 Å². The number of rotatable bonds is 4. The highest BCUT2D eigenvalue weighted by Gasteiger charge is 2.28. The first-order chi connectivity index (χ1) is 8.59. The molecule has 2 rings (SSSR count). The fourth-order valence-electron chi connectivity index (χ4n) is 2.79. The van der Waals surface area contributed by atoms with Crippen LogP contribution in [0.1, 0.15) is 40.0 Å². The molecular weight excluding hydrogens is 264 g/mol. The molecule has 4 heteroatoms. The van der Waals surface area contributed by atoms with E-state index in [1.807, 2.05) is 12.1 Å². The Bertz CT molecular complexity index is 600. The zero-order valence-electron chi connectivity index (χ0n) is 11.1. The third-order valence-electron chi connectivity index (χ3n) is 4.12. The van der Waals surface area contributed by atoms with Gasteiger partial charge in [0.05, 0.1) is 16.1 Å². The molecule has 0 unspecified atom stereocenters. The van der Waals surface area contributed by atoms with Gasteiger partial charge < -0.3 is 9.55 Å². The average molecular weight is 283 g/mol. The normalized spacial score (nSPS) is 12.2. The number of halogens is 1. The Kier molecular flexibility index (Phi) is 3.83. The largest absolute Gasteiger partial charge is 0.329 e. The van der Waals surface area contributed by atoms with Gasteiger partial charge in [-0.2, -0.15) is 0 Å². The average Bonchev–Trinajstić information content (AvgIpc) is 2.72. The number of H-pyrrole nitrogens is 1. The molecule has 98 valence electrons. The van der Waals surface area contributed by atoms with E-state index in [0.29, 0.717) is 0 Å². The smallest absolute Gasteiger partial charge is 0.178 e. The maximum absolute atomic E-state index is 6.23. The van der Waals surface area contributed by atoms with E-state index in [1.54, 1.807) is 0 Å². The summed E-state index contributed by atoms with van der Waals surface area (Å²) in [7, 11) is 0. The van der Waals surface area contributed by atoms with Crippen LogP contribution in [0.15, 0.2) is 18.2 Å². The van der Waals surface area contributed by atoms with Crippen LogP contribution >= 0.6 is 23.8 Å². The van der Waals surface area contributed by atoms with Crippen molar-refractivity contribution in [1.29, 1.82) is 0 Å². The zero-order valence-corrected chi connectivity index (χ0v) is 12.7. The Morgan fingerprint density at radius 1 is 1.22 bits per heavy atom. The molecule has 0 saturated heterocycles. The third-order valence-corrected chi connectivity index (χ3v) is 4.72. The molecule has 0 aliphatic heterocycles. The Hall–Kier alpha value is -0.800. The van der Waals surface area contributed by atoms with Crippen LogP contribution in [0.5, 0.6) is 0 Å². The molecule has 1 N–H and O–H groups in total. The number of nitrogens with zero attached hydrogens (tertiary/aromatic N) is 1. The van der Waals surface area contributed by atoms with E-state index in [0.717, 1.165) is 40.1 Å². The molecule has 0 radical (unpaired) electrons. The van der Waals surface area contributed by atoms with Crippen molar-refractivity contribution in [3.05, 3.63) is 28.0 Å². The van der Waals surface area contributed by atoms with E-state index in [2.05, 4.69) is 36.4 Å². The molecule has 0 spiro atoms. The van der Waals surface area contributed by atoms with E-state index in [4.69, 9.17) is 23.8 Å². The molecule has 0 amide bonds. The highest BCUT2D eigenvalue weighted by atomic mass is 35.5. The minimum Gasteiger partial charge on any atom is -0.329 e. The molecule has 0 fully saturated rings. The molecule has 0 atom stereocenters. The molecule has 0 bridgehead atoms. The number of nitrogens with one attached hydrogen (secondary N) is 1. The lowest BCUT2D eigenvalue weighted by Crippen LogP contribution is -2.31. The summed E-state index contributed by atoms with van der Waals surface area (Å²) in [5.41, 5.74) is 2.14. The molecule has 2 aromatic rings. The highest BCUT2D eigenvalue weighted by Crippen LogP contribution is 2.34. The lowest BCUT2D eigenvalue weighted by molar-refractivity contribution is 0.255. The Morgan fingerprint density at radius 3 is 2.39 bits per heavy atom. The van der Waals surface area contributed by atoms with E-state index in [9.17, 15) is 0 Å². The van der Waals surface area contributed by atoms with Crippen molar-refractivity contribution in [2.45, 2.75) is 45.6 Å². The van der Waals surface area contributed by atoms with Crippen molar-refractivity contribution in [2.24, 2.45) is 0 Å². The van der Waals surface area contributed by atoms with Crippen molar-refractivity contribution in [2.75, 3.05) is 0 Å². The van der Waals surface area contributed by atoms with Gasteiger partial charge in [0.25, 0.3) is 0 Å². The number of fused-ring (bicyclic) bond motifs is 1. The predicted molar refractivity (Wildman–Crippen MR) is 81.0 cm³/mol. The van der Waals surface area contributed by atoms with Gasteiger partial charge in [-0.15, -0.1) is 0 Å². The summed E-state index contributed by atoms with van der Waals surface area (Å²) >= 11 is 11.7. The number of hydrogen-bond acceptors (Lipinski definition) is 1. The minimum absolute atomic E-state index is 0.0833. The monoisotopic (exact) mass is 282 g/mol. The molecule has 1 aromatic heterocycles. The maximum Gasteiger partial charge on any atom is 0.178 e. The van der Waals surface area contributed by atoms with Gasteiger partial charge >= 0.3 is 0 Å². The lowest BCUT2D eigenvalue weighted by Gasteiger charge is -2.33. The van der Waals surface area contributed by atoms with E-state index < -0.39 is 0 Å². The molecule has 1 aromatic carbocycles. The maximum atomic E-state index is 6.23. The summed E-state index contributed by atoms with van der Waals surface area (Å²) in [5.74, 6) is 0. The van der Waals surface area contributed by atoms with Gasteiger partial charge in [-0.1, -0.05) is 38.4 Å². The van der Waals surface area contributed by atoms with Gasteiger partial charge in [0.2, 0.25) is 0 Å². The fraction of sp³-hybridized carbons (Fsp3) is 0.500. The van der Waals surface area contributed by atoms with Gasteiger partial charge in [-0.3, -0.25) is 0 Å². The SMILES string of the molecule is CCC(CC)(CC)n1c(=S)[nH]c2c(Cl)cccc21. The number of aromatic nitrogens is 2. The topological polar surface area (TPSA) is 20.7 Å². The van der Waals surface area contributed by atoms with Gasteiger partial charge in [-0.25, -0.2) is 0 Å². The van der Waals surface area contributed by atoms with Crippen LogP contribution in [0.25, 0.3) is 11.0 Å². The molecule has 0 saturated carbocycles. The van der Waals surface area contributed by atoms with E-state index >= 15 is 0 Å². The summed E-state index contributed by atoms with van der Waals surface area (Å²) in [6, 6.07) is 5.96. The van der Waals surface area contributed by atoms with Gasteiger partial charge in [0.15, 0.2) is 4.77 Å². The van der Waals surface area contributed by atoms with Crippen molar-refractivity contribution in [3.63, 3.8) is 0 Å². The third kappa shape index (κ3) is 1.90. The molecule has 2 nitrogen and oxygen atoms in total. The summed E-state index contributed by atoms with van der Waals surface area (Å²) in [5, 5.41) is 0.731. The standard InChI is InChI=1S/C14H19ClN2S/c1-4-14(5-2,6-3)17-11-9-7-8-10(15)12(11)16-13(17)18/h7-9H,4-6H2,1-3H3,(H,16,18). The van der Waals surface area contributed by atoms with Crippen LogP contribution in [0.3, 0.4) is 0 Å². The molecular formula is C14H19ClN2S. The number of imidazole rings is 1. The second-order valence-corrected chi connectivity index (χ2v) is 5.48. The lowest BCUT2D eigenvalue weighted by atomic mass is 9.89. The van der Waals surface area contributed by atoms with Crippen LogP contribution in [-0.4, -0.2) is 9.55 Å². The van der Waals surface area contributed by atoms with Crippen molar-refractivity contribution in [3.8, 4) is 0 Å². The number of hydrogen-bond donors (Lipinski definition) is 1. The summed E-state index contributed by atoms with van der Waals surface area (Å²) in [6.45, 7) is 6.66. The molecule has 0 aliphatic rings. The molecule has 0 aliphatic carbocycles. The van der Waals surface area contributed by atoms with Crippen LogP contribution in [0.2, 0.25) is 5.02 Å². The number of aromatic amines is 1. The first-order valence-corrected chi connectivity index (χ1v) is 7.28. The second-order valence-electron chi connectivity index (χ2n) is 4.68. The van der Waals surface area contributed by atoms with Crippen molar-refractivity contribution < 1.29 is 0 Å². The van der Waals surface area contributed by atoms with Crippen LogP contribution in [0, 0.1) is 4.77 Å². The van der Waals surface area contributed by atoms with E-state index in [-0.39, 0.29) is 5.54 Å². The summed E-state index contributed by atoms with van der Waals surface area (Å²) in [6.07, 6.45) is 3.19. The van der Waals surface area contributed by atoms with Gasteiger partial charge in [0, 0.05) is 5.54 Å². The second kappa shape index (κ2) is 5.06. The first-order valence-electron chi connectivity index (χ1n) is 6.49. The Morgan fingerprint density at radius 2 is 1.83 bits per heavy atom. The minimum atomic E-state index is 0.0833. The van der Waals surface area contributed by atoms with Gasteiger partial charge in [-0.05, 0) is 43.6 Å². The Balaban J connectivity index is 2.82. The highest BCUT2D eigenvalue weighted by molar-refractivity contribution is 7.71. The van der Waals surface area contributed by atoms with Crippen LogP contribution in [-0.2, 0) is 5.54 Å². The zero-order chi connectivity index (χ0) is 13.3. The number of para-hydroxylation sites is 1. The Labute approximate surface area is 118 Å². The quantitative estimate of drug-likeness (QED) is 0.757. The molecule has 18 heavy (non-hydrogen) atoms. The van der Waals surface area contributed by atoms with Crippen molar-refractivity contribution >= 4 is 34.9 Å². The van der Waals surface area contributed by atoms with E-state index in [1.165, 1.54) is 0 Å². The molecule has 1 heterocycles. The fourth-order valence-corrected chi connectivity index (χ4v) is 3.40. The van der Waals surface area contributed by atoms with Crippen LogP contribution < -0.4 is 0 Å². The van der Waals surface area contributed by atoms with Crippen LogP contribution in [0.4, 0.5) is 0 Å².